The summed E-state index contributed by atoms with van der Waals surface area (Å²) in [7, 11) is 3.14. The van der Waals surface area contributed by atoms with Crippen LogP contribution in [0.4, 0.5) is 0 Å². The molecule has 0 N–H and O–H groups in total. The van der Waals surface area contributed by atoms with Crippen LogP contribution in [0.25, 0.3) is 0 Å². The molecule has 0 unspecified atom stereocenters. The van der Waals surface area contributed by atoms with E-state index < -0.39 is 5.97 Å². The molecule has 2 aromatic carbocycles. The van der Waals surface area contributed by atoms with Gasteiger partial charge in [-0.05, 0) is 43.7 Å². The number of benzene rings is 2. The van der Waals surface area contributed by atoms with Gasteiger partial charge in [-0.2, -0.15) is 0 Å². The molecular weight excluding hydrogens is 346 g/mol. The number of hydrogen-bond donors (Lipinski definition) is 0. The van der Waals surface area contributed by atoms with Crippen molar-refractivity contribution in [3.05, 3.63) is 59.2 Å². The summed E-state index contributed by atoms with van der Waals surface area (Å²) in [5, 5.41) is 0. The number of aryl methyl sites for hydroxylation is 1. The summed E-state index contributed by atoms with van der Waals surface area (Å²) in [6.07, 6.45) is 0. The van der Waals surface area contributed by atoms with Crippen LogP contribution in [0.5, 0.6) is 11.5 Å². The first kappa shape index (κ1) is 20.3. The molecule has 0 fully saturated rings. The van der Waals surface area contributed by atoms with Gasteiger partial charge in [-0.1, -0.05) is 23.8 Å². The Morgan fingerprint density at radius 1 is 0.963 bits per heavy atom. The maximum absolute atomic E-state index is 12.4. The van der Waals surface area contributed by atoms with E-state index in [4.69, 9.17) is 14.2 Å². The molecule has 6 heteroatoms. The van der Waals surface area contributed by atoms with Crippen molar-refractivity contribution < 1.29 is 23.8 Å². The molecule has 0 aliphatic carbocycles. The molecule has 144 valence electrons. The van der Waals surface area contributed by atoms with E-state index in [-0.39, 0.29) is 12.5 Å². The number of hydrogen-bond acceptors (Lipinski definition) is 5. The number of rotatable bonds is 8. The Hall–Kier alpha value is -3.02. The normalized spacial score (nSPS) is 10.2. The van der Waals surface area contributed by atoms with Crippen molar-refractivity contribution in [2.75, 3.05) is 27.4 Å². The van der Waals surface area contributed by atoms with Crippen molar-refractivity contribution in [3.63, 3.8) is 0 Å². The van der Waals surface area contributed by atoms with Gasteiger partial charge in [0.2, 0.25) is 0 Å². The predicted molar refractivity (Wildman–Crippen MR) is 102 cm³/mol. The predicted octanol–water partition coefficient (Wildman–Crippen LogP) is 3.22. The van der Waals surface area contributed by atoms with Gasteiger partial charge in [0.15, 0.2) is 18.1 Å². The Bertz CT molecular complexity index is 786. The summed E-state index contributed by atoms with van der Waals surface area (Å²) in [5.41, 5.74) is 2.37. The summed E-state index contributed by atoms with van der Waals surface area (Å²) in [5.74, 6) is 0.463. The number of amides is 1. The van der Waals surface area contributed by atoms with Crippen LogP contribution in [0, 0.1) is 6.92 Å². The van der Waals surface area contributed by atoms with Crippen LogP contribution in [-0.2, 0) is 16.1 Å². The third-order valence-corrected chi connectivity index (χ3v) is 4.17. The lowest BCUT2D eigenvalue weighted by Crippen LogP contribution is -2.34. The molecule has 27 heavy (non-hydrogen) atoms. The molecule has 0 aliphatic rings. The minimum Gasteiger partial charge on any atom is -0.493 e. The van der Waals surface area contributed by atoms with Gasteiger partial charge in [-0.25, -0.2) is 4.79 Å². The number of carbonyl (C=O) groups is 2. The fraction of sp³-hybridized carbons (Fsp3) is 0.333. The molecule has 0 aliphatic heterocycles. The average molecular weight is 371 g/mol. The average Bonchev–Trinajstić information content (AvgIpc) is 2.70. The van der Waals surface area contributed by atoms with Crippen molar-refractivity contribution in [2.45, 2.75) is 20.4 Å². The van der Waals surface area contributed by atoms with E-state index in [1.54, 1.807) is 37.3 Å². The highest BCUT2D eigenvalue weighted by atomic mass is 16.5. The molecule has 6 nitrogen and oxygen atoms in total. The molecule has 0 spiro atoms. The molecule has 0 saturated heterocycles. The number of likely N-dealkylation sites (N-methyl/N-ethyl adjacent to an activating group) is 1. The van der Waals surface area contributed by atoms with Gasteiger partial charge in [-0.3, -0.25) is 4.79 Å². The SMILES string of the molecule is CCN(Cc1ccc(OC)c(OC)c1)C(=O)COC(=O)c1ccc(C)cc1. The Balaban J connectivity index is 1.97. The maximum Gasteiger partial charge on any atom is 0.338 e. The highest BCUT2D eigenvalue weighted by Gasteiger charge is 2.16. The van der Waals surface area contributed by atoms with Gasteiger partial charge >= 0.3 is 5.97 Å². The third-order valence-electron chi connectivity index (χ3n) is 4.17. The molecule has 0 atom stereocenters. The molecule has 2 rings (SSSR count). The summed E-state index contributed by atoms with van der Waals surface area (Å²) >= 11 is 0. The zero-order valence-electron chi connectivity index (χ0n) is 16.2. The lowest BCUT2D eigenvalue weighted by Gasteiger charge is -2.21. The van der Waals surface area contributed by atoms with Crippen LogP contribution in [0.1, 0.15) is 28.4 Å². The second-order valence-electron chi connectivity index (χ2n) is 6.04. The maximum atomic E-state index is 12.4. The summed E-state index contributed by atoms with van der Waals surface area (Å²) < 4.78 is 15.7. The minimum atomic E-state index is -0.509. The number of esters is 1. The highest BCUT2D eigenvalue weighted by Crippen LogP contribution is 2.28. The van der Waals surface area contributed by atoms with Crippen LogP contribution in [0.15, 0.2) is 42.5 Å². The largest absolute Gasteiger partial charge is 0.493 e. The van der Waals surface area contributed by atoms with E-state index in [0.29, 0.717) is 30.2 Å². The fourth-order valence-corrected chi connectivity index (χ4v) is 2.57. The van der Waals surface area contributed by atoms with Gasteiger partial charge in [0.1, 0.15) is 0 Å². The molecular formula is C21H25NO5. The minimum absolute atomic E-state index is 0.257. The molecule has 0 heterocycles. The summed E-state index contributed by atoms with van der Waals surface area (Å²) in [4.78, 5) is 26.1. The third kappa shape index (κ3) is 5.48. The molecule has 0 radical (unpaired) electrons. The Morgan fingerprint density at radius 2 is 1.63 bits per heavy atom. The summed E-state index contributed by atoms with van der Waals surface area (Å²) in [6.45, 7) is 4.40. The zero-order valence-corrected chi connectivity index (χ0v) is 16.2. The number of ether oxygens (including phenoxy) is 3. The summed E-state index contributed by atoms with van der Waals surface area (Å²) in [6, 6.07) is 12.5. The van der Waals surface area contributed by atoms with Crippen LogP contribution in [0.3, 0.4) is 0 Å². The van der Waals surface area contributed by atoms with Crippen molar-refractivity contribution in [3.8, 4) is 11.5 Å². The second-order valence-corrected chi connectivity index (χ2v) is 6.04. The number of nitrogens with zero attached hydrogens (tertiary/aromatic N) is 1. The fourth-order valence-electron chi connectivity index (χ4n) is 2.57. The Kier molecular flexibility index (Phi) is 7.23. The standard InChI is InChI=1S/C21H25NO5/c1-5-22(13-16-8-11-18(25-3)19(12-16)26-4)20(23)14-27-21(24)17-9-6-15(2)7-10-17/h6-12H,5,13-14H2,1-4H3. The smallest absolute Gasteiger partial charge is 0.338 e. The topological polar surface area (TPSA) is 65.1 Å². The van der Waals surface area contributed by atoms with Crippen molar-refractivity contribution in [1.29, 1.82) is 0 Å². The Morgan fingerprint density at radius 3 is 2.22 bits per heavy atom. The van der Waals surface area contributed by atoms with Crippen LogP contribution >= 0.6 is 0 Å². The lowest BCUT2D eigenvalue weighted by molar-refractivity contribution is -0.134. The molecule has 2 aromatic rings. The first-order valence-corrected chi connectivity index (χ1v) is 8.71. The molecule has 0 bridgehead atoms. The van der Waals surface area contributed by atoms with Gasteiger partial charge < -0.3 is 19.1 Å². The Labute approximate surface area is 159 Å². The van der Waals surface area contributed by atoms with Crippen LogP contribution < -0.4 is 9.47 Å². The first-order valence-electron chi connectivity index (χ1n) is 8.71. The van der Waals surface area contributed by atoms with Gasteiger partial charge in [0.05, 0.1) is 19.8 Å². The highest BCUT2D eigenvalue weighted by molar-refractivity contribution is 5.91. The molecule has 0 saturated carbocycles. The van der Waals surface area contributed by atoms with Crippen LogP contribution in [-0.4, -0.2) is 44.1 Å². The molecule has 0 aromatic heterocycles. The molecule has 1 amide bonds. The monoisotopic (exact) mass is 371 g/mol. The van der Waals surface area contributed by atoms with E-state index in [1.807, 2.05) is 38.1 Å². The first-order chi connectivity index (χ1) is 13.0. The van der Waals surface area contributed by atoms with E-state index in [2.05, 4.69) is 0 Å². The van der Waals surface area contributed by atoms with E-state index in [1.165, 1.54) is 0 Å². The van der Waals surface area contributed by atoms with E-state index in [0.717, 1.165) is 11.1 Å². The second kappa shape index (κ2) is 9.62. The quantitative estimate of drug-likeness (QED) is 0.667. The van der Waals surface area contributed by atoms with Crippen molar-refractivity contribution in [1.82, 2.24) is 4.90 Å². The van der Waals surface area contributed by atoms with Gasteiger partial charge in [-0.15, -0.1) is 0 Å². The lowest BCUT2D eigenvalue weighted by atomic mass is 10.1. The van der Waals surface area contributed by atoms with Crippen molar-refractivity contribution in [2.24, 2.45) is 0 Å². The number of carbonyl (C=O) groups excluding carboxylic acids is 2. The van der Waals surface area contributed by atoms with Gasteiger partial charge in [0, 0.05) is 13.1 Å². The van der Waals surface area contributed by atoms with E-state index in [9.17, 15) is 9.59 Å². The van der Waals surface area contributed by atoms with E-state index >= 15 is 0 Å². The van der Waals surface area contributed by atoms with Gasteiger partial charge in [0.25, 0.3) is 5.91 Å². The van der Waals surface area contributed by atoms with Crippen molar-refractivity contribution >= 4 is 11.9 Å². The zero-order chi connectivity index (χ0) is 19.8. The number of methoxy groups -OCH3 is 2. The van der Waals surface area contributed by atoms with Crippen LogP contribution in [0.2, 0.25) is 0 Å².